The second-order valence-corrected chi connectivity index (χ2v) is 11.8. The monoisotopic (exact) mass is 638 g/mol. The van der Waals surface area contributed by atoms with Gasteiger partial charge in [-0.25, -0.2) is 4.39 Å². The predicted molar refractivity (Wildman–Crippen MR) is 161 cm³/mol. The van der Waals surface area contributed by atoms with E-state index in [0.29, 0.717) is 40.5 Å². The van der Waals surface area contributed by atoms with Gasteiger partial charge in [0.15, 0.2) is 0 Å². The van der Waals surface area contributed by atoms with Crippen LogP contribution in [-0.2, 0) is 17.8 Å². The molecule has 1 atom stereocenters. The molecule has 0 heterocycles. The number of nitrogens with one attached hydrogen (secondary N) is 3. The van der Waals surface area contributed by atoms with Crippen LogP contribution in [0.1, 0.15) is 48.8 Å². The molecule has 1 aliphatic rings. The molecule has 13 heteroatoms. The van der Waals surface area contributed by atoms with E-state index < -0.39 is 11.1 Å². The summed E-state index contributed by atoms with van der Waals surface area (Å²) in [5.74, 6) is -0.287. The van der Waals surface area contributed by atoms with Crippen LogP contribution in [0.2, 0.25) is 10.0 Å². The number of amides is 1. The van der Waals surface area contributed by atoms with E-state index in [1.807, 2.05) is 6.92 Å². The minimum absolute atomic E-state index is 0.0184. The van der Waals surface area contributed by atoms with Crippen LogP contribution >= 0.6 is 44.4 Å². The van der Waals surface area contributed by atoms with Gasteiger partial charge in [-0.15, -0.1) is 9.24 Å². The van der Waals surface area contributed by atoms with Crippen LogP contribution in [0.5, 0.6) is 0 Å². The van der Waals surface area contributed by atoms with E-state index >= 15 is 0 Å². The van der Waals surface area contributed by atoms with Crippen molar-refractivity contribution in [3.8, 4) is 0 Å². The number of allylic oxidation sites excluding steroid dienone is 2. The zero-order valence-electron chi connectivity index (χ0n) is 21.9. The Hall–Kier alpha value is -1.68. The smallest absolute Gasteiger partial charge is 0.355 e. The molecule has 1 saturated carbocycles. The van der Waals surface area contributed by atoms with Crippen LogP contribution in [0.25, 0.3) is 0 Å². The van der Waals surface area contributed by atoms with Crippen molar-refractivity contribution < 1.29 is 22.4 Å². The number of hydrogen-bond donors (Lipinski definition) is 4. The minimum atomic E-state index is -4.55. The zero-order chi connectivity index (χ0) is 29.9. The SMILES string of the molecule is Cc1cc(Cl)c(CC/C(C=N)=C(/SNC2CCC(N)CC2)C(F)(F)F)c(Cl)c1.O=CNCc1cc(F)cc(P)c1. The van der Waals surface area contributed by atoms with Crippen molar-refractivity contribution in [2.45, 2.75) is 70.3 Å². The van der Waals surface area contributed by atoms with Crippen molar-refractivity contribution in [1.82, 2.24) is 10.0 Å². The number of carbonyl (C=O) groups excluding carboxylic acids is 1. The molecule has 0 aliphatic heterocycles. The average molecular weight is 640 g/mol. The third-order valence-electron chi connectivity index (χ3n) is 6.12. The predicted octanol–water partition coefficient (Wildman–Crippen LogP) is 6.78. The third-order valence-corrected chi connectivity index (χ3v) is 8.28. The molecule has 2 aromatic carbocycles. The van der Waals surface area contributed by atoms with Crippen molar-refractivity contribution >= 4 is 62.3 Å². The highest BCUT2D eigenvalue weighted by Gasteiger charge is 2.37. The number of benzene rings is 2. The van der Waals surface area contributed by atoms with Gasteiger partial charge < -0.3 is 16.5 Å². The summed E-state index contributed by atoms with van der Waals surface area (Å²) in [7, 11) is 2.41. The summed E-state index contributed by atoms with van der Waals surface area (Å²) in [5, 5.41) is 11.6. The first-order valence-electron chi connectivity index (χ1n) is 12.5. The van der Waals surface area contributed by atoms with Gasteiger partial charge in [0.2, 0.25) is 6.41 Å². The van der Waals surface area contributed by atoms with Gasteiger partial charge in [0.25, 0.3) is 0 Å². The van der Waals surface area contributed by atoms with Crippen LogP contribution in [0.15, 0.2) is 40.8 Å². The van der Waals surface area contributed by atoms with Crippen molar-refractivity contribution in [3.05, 3.63) is 73.4 Å². The average Bonchev–Trinajstić information content (AvgIpc) is 2.86. The molecule has 0 saturated heterocycles. The number of nitrogens with two attached hydrogens (primary N) is 1. The molecule has 5 N–H and O–H groups in total. The van der Waals surface area contributed by atoms with Gasteiger partial charge in [0.05, 0.1) is 0 Å². The maximum absolute atomic E-state index is 13.6. The van der Waals surface area contributed by atoms with Gasteiger partial charge in [-0.1, -0.05) is 23.2 Å². The Bertz CT molecular complexity index is 1150. The van der Waals surface area contributed by atoms with Crippen LogP contribution in [0.3, 0.4) is 0 Å². The van der Waals surface area contributed by atoms with E-state index in [1.165, 1.54) is 12.1 Å². The van der Waals surface area contributed by atoms with E-state index in [4.69, 9.17) is 34.3 Å². The van der Waals surface area contributed by atoms with Crippen molar-refractivity contribution in [2.75, 3.05) is 0 Å². The number of halogens is 6. The molecule has 1 aliphatic carbocycles. The standard InChI is InChI=1S/C19H24Cl2F3N3S.C8H9FNOP/c1-11-8-16(20)15(17(21)9-11)7-2-12(10-25)18(19(22,23)24)28-27-14-5-3-13(26)4-6-14;9-7-1-6(4-10-5-11)2-8(12)3-7/h8-10,13-14,25,27H,2-7,26H2,1H3;1-3,5H,4,12H2,(H,10,11)/b18-12-,25-10?;. The molecule has 0 bridgehead atoms. The number of aryl methyl sites for hydroxylation is 1. The zero-order valence-corrected chi connectivity index (χ0v) is 25.4. The van der Waals surface area contributed by atoms with Gasteiger partial charge in [0.1, 0.15) is 10.7 Å². The van der Waals surface area contributed by atoms with Gasteiger partial charge in [-0.2, -0.15) is 13.2 Å². The first-order valence-corrected chi connectivity index (χ1v) is 14.6. The first-order chi connectivity index (χ1) is 18.8. The fourth-order valence-corrected chi connectivity index (χ4v) is 6.19. The highest BCUT2D eigenvalue weighted by Crippen LogP contribution is 2.38. The third kappa shape index (κ3) is 11.7. The molecule has 3 rings (SSSR count). The molecule has 1 amide bonds. The van der Waals surface area contributed by atoms with Gasteiger partial charge >= 0.3 is 6.18 Å². The lowest BCUT2D eigenvalue weighted by Crippen LogP contribution is -2.35. The maximum Gasteiger partial charge on any atom is 0.423 e. The molecule has 1 unspecified atom stereocenters. The molecular formula is C27H33Cl2F4N4OPS. The Balaban J connectivity index is 0.000000389. The largest absolute Gasteiger partial charge is 0.423 e. The topological polar surface area (TPSA) is 91.0 Å². The quantitative estimate of drug-likeness (QED) is 0.0759. The normalized spacial score (nSPS) is 17.8. The summed E-state index contributed by atoms with van der Waals surface area (Å²) in [5.41, 5.74) is 7.98. The highest BCUT2D eigenvalue weighted by molar-refractivity contribution is 8.01. The van der Waals surface area contributed by atoms with Crippen molar-refractivity contribution in [3.63, 3.8) is 0 Å². The first kappa shape index (κ1) is 34.5. The Morgan fingerprint density at radius 2 is 1.77 bits per heavy atom. The lowest BCUT2D eigenvalue weighted by molar-refractivity contribution is -0.109. The molecule has 40 heavy (non-hydrogen) atoms. The summed E-state index contributed by atoms with van der Waals surface area (Å²) >= 11 is 13.0. The minimum Gasteiger partial charge on any atom is -0.355 e. The number of carbonyl (C=O) groups is 1. The Morgan fingerprint density at radius 1 is 1.15 bits per heavy atom. The molecule has 5 nitrogen and oxygen atoms in total. The van der Waals surface area contributed by atoms with E-state index in [-0.39, 0.29) is 36.3 Å². The van der Waals surface area contributed by atoms with Crippen LogP contribution < -0.4 is 21.1 Å². The highest BCUT2D eigenvalue weighted by atomic mass is 35.5. The fraction of sp³-hybridized carbons (Fsp3) is 0.407. The lowest BCUT2D eigenvalue weighted by Gasteiger charge is -2.27. The molecular weight excluding hydrogens is 606 g/mol. The molecule has 0 aromatic heterocycles. The number of rotatable bonds is 10. The van der Waals surface area contributed by atoms with E-state index in [9.17, 15) is 22.4 Å². The molecule has 2 aromatic rings. The summed E-state index contributed by atoms with van der Waals surface area (Å²) < 4.78 is 56.5. The summed E-state index contributed by atoms with van der Waals surface area (Å²) in [6.45, 7) is 2.20. The number of hydrogen-bond acceptors (Lipinski definition) is 5. The second kappa shape index (κ2) is 16.7. The maximum atomic E-state index is 13.6. The molecule has 0 radical (unpaired) electrons. The molecule has 0 spiro atoms. The van der Waals surface area contributed by atoms with Gasteiger partial charge in [-0.05, 0) is 115 Å². The number of alkyl halides is 3. The van der Waals surface area contributed by atoms with Crippen LogP contribution in [-0.4, -0.2) is 30.9 Å². The van der Waals surface area contributed by atoms with Crippen LogP contribution in [0, 0.1) is 18.2 Å². The molecule has 220 valence electrons. The lowest BCUT2D eigenvalue weighted by atomic mass is 9.93. The second-order valence-electron chi connectivity index (χ2n) is 9.43. The van der Waals surface area contributed by atoms with E-state index in [0.717, 1.165) is 48.3 Å². The van der Waals surface area contributed by atoms with Crippen LogP contribution in [0.4, 0.5) is 17.6 Å². The van der Waals surface area contributed by atoms with E-state index in [2.05, 4.69) is 19.3 Å². The Kier molecular flexibility index (Phi) is 14.4. The summed E-state index contributed by atoms with van der Waals surface area (Å²) in [6, 6.07) is 8.16. The van der Waals surface area contributed by atoms with Crippen molar-refractivity contribution in [1.29, 1.82) is 5.41 Å². The van der Waals surface area contributed by atoms with Gasteiger partial charge in [0, 0.05) is 34.9 Å². The van der Waals surface area contributed by atoms with Crippen molar-refractivity contribution in [2.24, 2.45) is 5.73 Å². The Morgan fingerprint density at radius 3 is 2.30 bits per heavy atom. The fourth-order valence-electron chi connectivity index (χ4n) is 4.10. The van der Waals surface area contributed by atoms with Gasteiger partial charge in [-0.3, -0.25) is 9.52 Å². The summed E-state index contributed by atoms with van der Waals surface area (Å²) in [4.78, 5) is 9.14. The Labute approximate surface area is 248 Å². The van der Waals surface area contributed by atoms with E-state index in [1.54, 1.807) is 18.2 Å². The summed E-state index contributed by atoms with van der Waals surface area (Å²) in [6.07, 6.45) is 0.137. The molecule has 1 fully saturated rings.